The van der Waals surface area contributed by atoms with E-state index in [1.165, 1.54) is 17.2 Å². The number of carbonyl (C=O) groups excluding carboxylic acids is 2. The van der Waals surface area contributed by atoms with Gasteiger partial charge in [0.2, 0.25) is 5.91 Å². The normalized spacial score (nSPS) is 40.7. The van der Waals surface area contributed by atoms with Crippen molar-refractivity contribution in [1.29, 1.82) is 0 Å². The zero-order chi connectivity index (χ0) is 13.5. The standard InChI is InChI=1S/C13H19NO4/c1-4-10-8(2)13(3,17)12(18-10)14-6-5-9(15)7-11(14)16/h5-6,8,10,12,17H,4,7H2,1-3H3/t8-,10-,12-,13+/m1/s1. The van der Waals surface area contributed by atoms with Crippen molar-refractivity contribution >= 4 is 11.7 Å². The first-order valence-electron chi connectivity index (χ1n) is 6.28. The fraction of sp³-hybridized carbons (Fsp3) is 0.692. The monoisotopic (exact) mass is 253 g/mol. The summed E-state index contributed by atoms with van der Waals surface area (Å²) in [6, 6.07) is 0. The smallest absolute Gasteiger partial charge is 0.236 e. The minimum absolute atomic E-state index is 0.0636. The molecule has 0 saturated carbocycles. The van der Waals surface area contributed by atoms with E-state index in [9.17, 15) is 14.7 Å². The highest BCUT2D eigenvalue weighted by Crippen LogP contribution is 2.39. The van der Waals surface area contributed by atoms with Crippen LogP contribution in [0.25, 0.3) is 0 Å². The van der Waals surface area contributed by atoms with E-state index in [0.29, 0.717) is 0 Å². The Bertz CT molecular complexity index is 402. The van der Waals surface area contributed by atoms with Crippen molar-refractivity contribution in [2.75, 3.05) is 0 Å². The van der Waals surface area contributed by atoms with Gasteiger partial charge in [-0.2, -0.15) is 0 Å². The van der Waals surface area contributed by atoms with E-state index in [1.807, 2.05) is 13.8 Å². The predicted molar refractivity (Wildman–Crippen MR) is 64.3 cm³/mol. The highest BCUT2D eigenvalue weighted by molar-refractivity contribution is 6.06. The third-order valence-corrected chi connectivity index (χ3v) is 3.97. The van der Waals surface area contributed by atoms with Crippen LogP contribution in [0, 0.1) is 5.92 Å². The van der Waals surface area contributed by atoms with Crippen LogP contribution >= 0.6 is 0 Å². The number of aliphatic hydroxyl groups is 1. The molecule has 4 atom stereocenters. The lowest BCUT2D eigenvalue weighted by Gasteiger charge is -2.35. The van der Waals surface area contributed by atoms with Crippen LogP contribution in [0.5, 0.6) is 0 Å². The number of carbonyl (C=O) groups is 2. The molecule has 2 aliphatic rings. The highest BCUT2D eigenvalue weighted by Gasteiger charge is 2.53. The molecule has 100 valence electrons. The minimum atomic E-state index is -1.11. The molecule has 0 aromatic carbocycles. The average Bonchev–Trinajstić information content (AvgIpc) is 2.52. The predicted octanol–water partition coefficient (Wildman–Crippen LogP) is 0.824. The van der Waals surface area contributed by atoms with Gasteiger partial charge in [0, 0.05) is 12.1 Å². The van der Waals surface area contributed by atoms with Gasteiger partial charge in [-0.05, 0) is 19.4 Å². The van der Waals surface area contributed by atoms with E-state index in [1.54, 1.807) is 6.92 Å². The third-order valence-electron chi connectivity index (χ3n) is 3.97. The van der Waals surface area contributed by atoms with Gasteiger partial charge in [-0.25, -0.2) is 0 Å². The number of ketones is 1. The average molecular weight is 253 g/mol. The summed E-state index contributed by atoms with van der Waals surface area (Å²) in [4.78, 5) is 24.3. The fourth-order valence-corrected chi connectivity index (χ4v) is 2.57. The highest BCUT2D eigenvalue weighted by atomic mass is 16.5. The van der Waals surface area contributed by atoms with E-state index in [0.717, 1.165) is 6.42 Å². The SMILES string of the molecule is CC[C@H]1O[C@@H](N2C=CC(=O)CC2=O)[C@@](C)(O)[C@@H]1C. The second-order valence-electron chi connectivity index (χ2n) is 5.21. The van der Waals surface area contributed by atoms with Crippen molar-refractivity contribution in [2.24, 2.45) is 5.92 Å². The summed E-state index contributed by atoms with van der Waals surface area (Å²) in [7, 11) is 0. The number of nitrogens with zero attached hydrogens (tertiary/aromatic N) is 1. The molecule has 2 heterocycles. The molecule has 0 unspecified atom stereocenters. The zero-order valence-electron chi connectivity index (χ0n) is 10.9. The molecule has 0 radical (unpaired) electrons. The van der Waals surface area contributed by atoms with Gasteiger partial charge < -0.3 is 9.84 Å². The molecule has 0 spiro atoms. The van der Waals surface area contributed by atoms with Crippen LogP contribution in [0.4, 0.5) is 0 Å². The topological polar surface area (TPSA) is 66.8 Å². The summed E-state index contributed by atoms with van der Waals surface area (Å²) in [5, 5.41) is 10.5. The first kappa shape index (κ1) is 13.2. The third kappa shape index (κ3) is 1.97. The van der Waals surface area contributed by atoms with Crippen LogP contribution in [0.2, 0.25) is 0 Å². The lowest BCUT2D eigenvalue weighted by atomic mass is 9.86. The van der Waals surface area contributed by atoms with Crippen LogP contribution in [0.15, 0.2) is 12.3 Å². The number of allylic oxidation sites excluding steroid dienone is 1. The van der Waals surface area contributed by atoms with E-state index >= 15 is 0 Å². The maximum Gasteiger partial charge on any atom is 0.236 e. The molecule has 1 fully saturated rings. The van der Waals surface area contributed by atoms with Crippen molar-refractivity contribution in [3.8, 4) is 0 Å². The fourth-order valence-electron chi connectivity index (χ4n) is 2.57. The molecule has 1 N–H and O–H groups in total. The Hall–Kier alpha value is -1.20. The summed E-state index contributed by atoms with van der Waals surface area (Å²) in [5.41, 5.74) is -1.11. The summed E-state index contributed by atoms with van der Waals surface area (Å²) in [6.07, 6.45) is 2.59. The Kier molecular flexibility index (Phi) is 3.29. The number of hydrogen-bond acceptors (Lipinski definition) is 4. The molecule has 2 rings (SSSR count). The molecule has 18 heavy (non-hydrogen) atoms. The van der Waals surface area contributed by atoms with E-state index in [4.69, 9.17) is 4.74 Å². The van der Waals surface area contributed by atoms with E-state index in [2.05, 4.69) is 0 Å². The Morgan fingerprint density at radius 2 is 2.22 bits per heavy atom. The molecule has 5 heteroatoms. The Morgan fingerprint density at radius 1 is 1.56 bits per heavy atom. The molecular formula is C13H19NO4. The lowest BCUT2D eigenvalue weighted by molar-refractivity contribution is -0.156. The van der Waals surface area contributed by atoms with Crippen LogP contribution < -0.4 is 0 Å². The van der Waals surface area contributed by atoms with Crippen molar-refractivity contribution in [3.05, 3.63) is 12.3 Å². The molecule has 2 aliphatic heterocycles. The van der Waals surface area contributed by atoms with Gasteiger partial charge in [0.1, 0.15) is 5.60 Å². The van der Waals surface area contributed by atoms with E-state index in [-0.39, 0.29) is 30.1 Å². The summed E-state index contributed by atoms with van der Waals surface area (Å²) >= 11 is 0. The van der Waals surface area contributed by atoms with Gasteiger partial charge in [0.05, 0.1) is 12.5 Å². The first-order chi connectivity index (χ1) is 8.37. The largest absolute Gasteiger partial charge is 0.385 e. The van der Waals surface area contributed by atoms with E-state index < -0.39 is 11.8 Å². The van der Waals surface area contributed by atoms with Gasteiger partial charge in [-0.1, -0.05) is 13.8 Å². The van der Waals surface area contributed by atoms with Crippen molar-refractivity contribution in [2.45, 2.75) is 51.5 Å². The lowest BCUT2D eigenvalue weighted by Crippen LogP contribution is -2.51. The molecule has 5 nitrogen and oxygen atoms in total. The second kappa shape index (κ2) is 4.48. The molecule has 1 saturated heterocycles. The maximum atomic E-state index is 11.8. The van der Waals surface area contributed by atoms with Crippen LogP contribution in [0.3, 0.4) is 0 Å². The van der Waals surface area contributed by atoms with Crippen molar-refractivity contribution < 1.29 is 19.4 Å². The first-order valence-corrected chi connectivity index (χ1v) is 6.28. The van der Waals surface area contributed by atoms with Crippen LogP contribution in [-0.4, -0.2) is 39.6 Å². The molecule has 0 aromatic rings. The summed E-state index contributed by atoms with van der Waals surface area (Å²) < 4.78 is 5.78. The Morgan fingerprint density at radius 3 is 2.72 bits per heavy atom. The summed E-state index contributed by atoms with van der Waals surface area (Å²) in [6.45, 7) is 5.57. The number of amides is 1. The van der Waals surface area contributed by atoms with Crippen molar-refractivity contribution in [1.82, 2.24) is 4.90 Å². The molecular weight excluding hydrogens is 234 g/mol. The van der Waals surface area contributed by atoms with Crippen LogP contribution in [0.1, 0.15) is 33.6 Å². The van der Waals surface area contributed by atoms with Gasteiger partial charge in [-0.3, -0.25) is 14.5 Å². The molecule has 1 amide bonds. The van der Waals surface area contributed by atoms with Crippen LogP contribution in [-0.2, 0) is 14.3 Å². The molecule has 0 bridgehead atoms. The molecule has 0 aliphatic carbocycles. The van der Waals surface area contributed by atoms with Gasteiger partial charge in [0.15, 0.2) is 12.0 Å². The zero-order valence-corrected chi connectivity index (χ0v) is 10.9. The Balaban J connectivity index is 2.26. The van der Waals surface area contributed by atoms with Gasteiger partial charge in [-0.15, -0.1) is 0 Å². The van der Waals surface area contributed by atoms with Gasteiger partial charge in [0.25, 0.3) is 0 Å². The minimum Gasteiger partial charge on any atom is -0.385 e. The number of hydrogen-bond donors (Lipinski definition) is 1. The second-order valence-corrected chi connectivity index (χ2v) is 5.21. The molecule has 0 aromatic heterocycles. The van der Waals surface area contributed by atoms with Crippen molar-refractivity contribution in [3.63, 3.8) is 0 Å². The summed E-state index contributed by atoms with van der Waals surface area (Å²) in [5.74, 6) is -0.600. The van der Waals surface area contributed by atoms with Gasteiger partial charge >= 0.3 is 0 Å². The number of ether oxygens (including phenoxy) is 1. The quantitative estimate of drug-likeness (QED) is 0.740. The Labute approximate surface area is 106 Å². The maximum absolute atomic E-state index is 11.8. The number of rotatable bonds is 2.